The first kappa shape index (κ1) is 13.9. The largest absolute Gasteiger partial charge is 0.323 e. The molecule has 0 amide bonds. The highest BCUT2D eigenvalue weighted by Gasteiger charge is 2.16. The maximum absolute atomic E-state index is 11.4. The SMILES string of the molecule is CNC(c1ccc2[nH]c(=O)[nH]c2c1)c1cccc(Cl)c1C. The third kappa shape index (κ3) is 2.48. The van der Waals surface area contributed by atoms with Crippen molar-refractivity contribution in [1.29, 1.82) is 0 Å². The van der Waals surface area contributed by atoms with E-state index in [1.54, 1.807) is 0 Å². The first-order valence-corrected chi connectivity index (χ1v) is 7.12. The van der Waals surface area contributed by atoms with Gasteiger partial charge in [-0.05, 0) is 48.9 Å². The molecule has 4 nitrogen and oxygen atoms in total. The van der Waals surface area contributed by atoms with Crippen molar-refractivity contribution < 1.29 is 0 Å². The molecule has 0 bridgehead atoms. The van der Waals surface area contributed by atoms with Gasteiger partial charge in [-0.1, -0.05) is 29.8 Å². The number of aromatic amines is 2. The van der Waals surface area contributed by atoms with Crippen LogP contribution in [-0.2, 0) is 0 Å². The fourth-order valence-corrected chi connectivity index (χ4v) is 2.85. The minimum atomic E-state index is -0.193. The van der Waals surface area contributed by atoms with Gasteiger partial charge in [0.05, 0.1) is 17.1 Å². The van der Waals surface area contributed by atoms with Crippen LogP contribution in [0.3, 0.4) is 0 Å². The van der Waals surface area contributed by atoms with E-state index in [9.17, 15) is 4.79 Å². The molecule has 5 heteroatoms. The molecule has 21 heavy (non-hydrogen) atoms. The van der Waals surface area contributed by atoms with E-state index in [4.69, 9.17) is 11.6 Å². The number of halogens is 1. The lowest BCUT2D eigenvalue weighted by Gasteiger charge is -2.20. The lowest BCUT2D eigenvalue weighted by molar-refractivity contribution is 0.688. The molecule has 0 aliphatic heterocycles. The smallest absolute Gasteiger partial charge is 0.309 e. The van der Waals surface area contributed by atoms with Crippen molar-refractivity contribution in [3.63, 3.8) is 0 Å². The molecule has 1 aromatic heterocycles. The Labute approximate surface area is 127 Å². The number of benzene rings is 2. The second-order valence-corrected chi connectivity index (χ2v) is 5.47. The quantitative estimate of drug-likeness (QED) is 0.696. The van der Waals surface area contributed by atoms with Gasteiger partial charge >= 0.3 is 5.69 Å². The summed E-state index contributed by atoms with van der Waals surface area (Å²) in [5, 5.41) is 4.07. The fourth-order valence-electron chi connectivity index (χ4n) is 2.67. The van der Waals surface area contributed by atoms with Crippen LogP contribution >= 0.6 is 11.6 Å². The number of hydrogen-bond acceptors (Lipinski definition) is 2. The van der Waals surface area contributed by atoms with E-state index < -0.39 is 0 Å². The van der Waals surface area contributed by atoms with E-state index in [2.05, 4.69) is 21.4 Å². The highest BCUT2D eigenvalue weighted by molar-refractivity contribution is 6.31. The zero-order chi connectivity index (χ0) is 15.0. The molecule has 0 fully saturated rings. The van der Waals surface area contributed by atoms with Gasteiger partial charge in [-0.3, -0.25) is 0 Å². The molecule has 3 N–H and O–H groups in total. The molecule has 0 aliphatic carbocycles. The van der Waals surface area contributed by atoms with Crippen LogP contribution in [0.25, 0.3) is 11.0 Å². The van der Waals surface area contributed by atoms with Crippen LogP contribution in [-0.4, -0.2) is 17.0 Å². The lowest BCUT2D eigenvalue weighted by Crippen LogP contribution is -2.18. The van der Waals surface area contributed by atoms with Crippen molar-refractivity contribution in [3.8, 4) is 0 Å². The van der Waals surface area contributed by atoms with Crippen molar-refractivity contribution in [1.82, 2.24) is 15.3 Å². The Hall–Kier alpha value is -2.04. The highest BCUT2D eigenvalue weighted by Crippen LogP contribution is 2.29. The Kier molecular flexibility index (Phi) is 3.57. The lowest BCUT2D eigenvalue weighted by atomic mass is 9.95. The molecular weight excluding hydrogens is 286 g/mol. The number of H-pyrrole nitrogens is 2. The van der Waals surface area contributed by atoms with Gasteiger partial charge in [0, 0.05) is 5.02 Å². The summed E-state index contributed by atoms with van der Waals surface area (Å²) in [6.45, 7) is 2.01. The first-order chi connectivity index (χ1) is 10.1. The minimum Gasteiger partial charge on any atom is -0.309 e. The van der Waals surface area contributed by atoms with E-state index >= 15 is 0 Å². The summed E-state index contributed by atoms with van der Waals surface area (Å²) < 4.78 is 0. The average Bonchev–Trinajstić information content (AvgIpc) is 2.83. The topological polar surface area (TPSA) is 60.7 Å². The molecule has 0 aliphatic rings. The van der Waals surface area contributed by atoms with Gasteiger partial charge in [0.2, 0.25) is 0 Å². The highest BCUT2D eigenvalue weighted by atomic mass is 35.5. The van der Waals surface area contributed by atoms with Crippen molar-refractivity contribution in [2.24, 2.45) is 0 Å². The van der Waals surface area contributed by atoms with Gasteiger partial charge in [0.1, 0.15) is 0 Å². The second kappa shape index (κ2) is 5.39. The van der Waals surface area contributed by atoms with Crippen molar-refractivity contribution in [3.05, 3.63) is 68.6 Å². The number of fused-ring (bicyclic) bond motifs is 1. The van der Waals surface area contributed by atoms with Crippen LogP contribution in [0.1, 0.15) is 22.7 Å². The molecule has 0 radical (unpaired) electrons. The Morgan fingerprint density at radius 1 is 1.14 bits per heavy atom. The van der Waals surface area contributed by atoms with Crippen LogP contribution in [0.15, 0.2) is 41.2 Å². The molecule has 0 spiro atoms. The Morgan fingerprint density at radius 2 is 1.90 bits per heavy atom. The summed E-state index contributed by atoms with van der Waals surface area (Å²) >= 11 is 6.22. The van der Waals surface area contributed by atoms with Gasteiger partial charge in [0.15, 0.2) is 0 Å². The first-order valence-electron chi connectivity index (χ1n) is 6.74. The zero-order valence-electron chi connectivity index (χ0n) is 11.8. The van der Waals surface area contributed by atoms with Crippen LogP contribution < -0.4 is 11.0 Å². The Balaban J connectivity index is 2.13. The molecule has 1 heterocycles. The van der Waals surface area contributed by atoms with Gasteiger partial charge in [0.25, 0.3) is 0 Å². The third-order valence-electron chi connectivity index (χ3n) is 3.78. The fraction of sp³-hybridized carbons (Fsp3) is 0.188. The molecule has 108 valence electrons. The number of hydrogen-bond donors (Lipinski definition) is 3. The third-order valence-corrected chi connectivity index (χ3v) is 4.19. The molecule has 1 unspecified atom stereocenters. The number of imidazole rings is 1. The van der Waals surface area contributed by atoms with E-state index in [1.165, 1.54) is 0 Å². The molecule has 0 saturated carbocycles. The summed E-state index contributed by atoms with van der Waals surface area (Å²) in [6.07, 6.45) is 0. The van der Waals surface area contributed by atoms with Gasteiger partial charge in [-0.25, -0.2) is 4.79 Å². The number of rotatable bonds is 3. The monoisotopic (exact) mass is 301 g/mol. The maximum Gasteiger partial charge on any atom is 0.323 e. The summed E-state index contributed by atoms with van der Waals surface area (Å²) in [4.78, 5) is 16.9. The molecular formula is C16H16ClN3O. The standard InChI is InChI=1S/C16H16ClN3O/c1-9-11(4-3-5-12(9)17)15(18-2)10-6-7-13-14(8-10)20-16(21)19-13/h3-8,15,18H,1-2H3,(H2,19,20,21). The summed E-state index contributed by atoms with van der Waals surface area (Å²) in [5.74, 6) is 0. The predicted octanol–water partition coefficient (Wildman–Crippen LogP) is 3.13. The second-order valence-electron chi connectivity index (χ2n) is 5.06. The maximum atomic E-state index is 11.4. The number of nitrogens with one attached hydrogen (secondary N) is 3. The van der Waals surface area contributed by atoms with Crippen LogP contribution in [0.2, 0.25) is 5.02 Å². The van der Waals surface area contributed by atoms with Crippen LogP contribution in [0.4, 0.5) is 0 Å². The minimum absolute atomic E-state index is 0.0199. The van der Waals surface area contributed by atoms with E-state index in [1.807, 2.05) is 44.3 Å². The molecule has 2 aromatic carbocycles. The number of aromatic nitrogens is 2. The van der Waals surface area contributed by atoms with Crippen molar-refractivity contribution in [2.45, 2.75) is 13.0 Å². The normalized spacial score (nSPS) is 12.7. The van der Waals surface area contributed by atoms with Gasteiger partial charge in [-0.2, -0.15) is 0 Å². The molecule has 3 rings (SSSR count). The van der Waals surface area contributed by atoms with Crippen LogP contribution in [0, 0.1) is 6.92 Å². The Bertz CT molecular complexity index is 850. The summed E-state index contributed by atoms with van der Waals surface area (Å²) in [6, 6.07) is 11.8. The predicted molar refractivity (Wildman–Crippen MR) is 86.0 cm³/mol. The Morgan fingerprint density at radius 3 is 2.67 bits per heavy atom. The van der Waals surface area contributed by atoms with Gasteiger partial charge in [-0.15, -0.1) is 0 Å². The molecule has 1 atom stereocenters. The van der Waals surface area contributed by atoms with E-state index in [0.29, 0.717) is 0 Å². The molecule has 0 saturated heterocycles. The average molecular weight is 302 g/mol. The van der Waals surface area contributed by atoms with Gasteiger partial charge < -0.3 is 15.3 Å². The van der Waals surface area contributed by atoms with Crippen molar-refractivity contribution in [2.75, 3.05) is 7.05 Å². The zero-order valence-corrected chi connectivity index (χ0v) is 12.6. The summed E-state index contributed by atoms with van der Waals surface area (Å²) in [5.41, 5.74) is 4.68. The van der Waals surface area contributed by atoms with E-state index in [-0.39, 0.29) is 11.7 Å². The van der Waals surface area contributed by atoms with E-state index in [0.717, 1.165) is 32.7 Å². The molecule has 3 aromatic rings. The van der Waals surface area contributed by atoms with Crippen molar-refractivity contribution >= 4 is 22.6 Å². The summed E-state index contributed by atoms with van der Waals surface area (Å²) in [7, 11) is 1.91. The van der Waals surface area contributed by atoms with Crippen LogP contribution in [0.5, 0.6) is 0 Å².